The summed E-state index contributed by atoms with van der Waals surface area (Å²) in [6.07, 6.45) is 2.13. The van der Waals surface area contributed by atoms with Gasteiger partial charge < -0.3 is 15.5 Å². The van der Waals surface area contributed by atoms with Gasteiger partial charge >= 0.3 is 0 Å². The van der Waals surface area contributed by atoms with Crippen LogP contribution in [0.1, 0.15) is 26.7 Å². The van der Waals surface area contributed by atoms with Crippen LogP contribution in [0.5, 0.6) is 0 Å². The third-order valence-electron chi connectivity index (χ3n) is 3.85. The summed E-state index contributed by atoms with van der Waals surface area (Å²) in [6.45, 7) is 6.28. The van der Waals surface area contributed by atoms with Crippen LogP contribution in [-0.2, 0) is 0 Å². The lowest BCUT2D eigenvalue weighted by atomic mass is 10.2. The van der Waals surface area contributed by atoms with Gasteiger partial charge in [-0.2, -0.15) is 0 Å². The smallest absolute Gasteiger partial charge is 0.163 e. The van der Waals surface area contributed by atoms with Crippen molar-refractivity contribution >= 4 is 11.6 Å². The first-order valence-electron chi connectivity index (χ1n) is 8.68. The van der Waals surface area contributed by atoms with Gasteiger partial charge in [0.2, 0.25) is 0 Å². The predicted molar refractivity (Wildman–Crippen MR) is 103 cm³/mol. The Bertz CT molecular complexity index is 612. The molecular weight excluding hydrogens is 298 g/mol. The standard InChI is InChI=1S/C19H29N5/c1-5-15(2)21-18-14-17(20-12-9-13-24(3)4)22-19(23-18)16-10-7-6-8-11-16/h6-8,10-11,14-15H,5,9,12-13H2,1-4H3,(H2,20,21,22,23). The number of anilines is 2. The summed E-state index contributed by atoms with van der Waals surface area (Å²) in [4.78, 5) is 11.5. The van der Waals surface area contributed by atoms with Gasteiger partial charge in [-0.1, -0.05) is 37.3 Å². The molecule has 2 rings (SSSR count). The summed E-state index contributed by atoms with van der Waals surface area (Å²) in [6, 6.07) is 12.5. The minimum absolute atomic E-state index is 0.380. The minimum atomic E-state index is 0.380. The SMILES string of the molecule is CCC(C)Nc1cc(NCCCN(C)C)nc(-c2ccccc2)n1. The van der Waals surface area contributed by atoms with Gasteiger partial charge in [0.25, 0.3) is 0 Å². The molecule has 0 saturated heterocycles. The second kappa shape index (κ2) is 9.23. The Balaban J connectivity index is 2.17. The lowest BCUT2D eigenvalue weighted by Gasteiger charge is -2.15. The number of hydrogen-bond acceptors (Lipinski definition) is 5. The third kappa shape index (κ3) is 5.81. The summed E-state index contributed by atoms with van der Waals surface area (Å²) in [7, 11) is 4.18. The molecule has 5 heteroatoms. The van der Waals surface area contributed by atoms with Crippen LogP contribution in [0.2, 0.25) is 0 Å². The Kier molecular flexibility index (Phi) is 7.00. The van der Waals surface area contributed by atoms with E-state index in [1.807, 2.05) is 36.4 Å². The van der Waals surface area contributed by atoms with Crippen LogP contribution in [0.4, 0.5) is 11.6 Å². The van der Waals surface area contributed by atoms with Crippen molar-refractivity contribution in [2.75, 3.05) is 37.8 Å². The molecule has 0 aliphatic heterocycles. The molecule has 0 bridgehead atoms. The molecule has 24 heavy (non-hydrogen) atoms. The number of rotatable bonds is 9. The molecule has 0 aliphatic rings. The molecule has 130 valence electrons. The molecule has 0 saturated carbocycles. The van der Waals surface area contributed by atoms with Crippen LogP contribution < -0.4 is 10.6 Å². The maximum Gasteiger partial charge on any atom is 0.163 e. The summed E-state index contributed by atoms with van der Waals surface area (Å²) in [5, 5.41) is 6.88. The van der Waals surface area contributed by atoms with Gasteiger partial charge in [0.15, 0.2) is 5.82 Å². The van der Waals surface area contributed by atoms with Crippen molar-refractivity contribution in [3.8, 4) is 11.4 Å². The van der Waals surface area contributed by atoms with Crippen LogP contribution in [-0.4, -0.2) is 48.1 Å². The molecule has 1 atom stereocenters. The highest BCUT2D eigenvalue weighted by Crippen LogP contribution is 2.20. The van der Waals surface area contributed by atoms with E-state index in [0.717, 1.165) is 49.0 Å². The molecule has 1 aromatic heterocycles. The van der Waals surface area contributed by atoms with Crippen molar-refractivity contribution in [2.45, 2.75) is 32.7 Å². The van der Waals surface area contributed by atoms with Crippen LogP contribution in [0, 0.1) is 0 Å². The monoisotopic (exact) mass is 327 g/mol. The lowest BCUT2D eigenvalue weighted by Crippen LogP contribution is -2.18. The van der Waals surface area contributed by atoms with Crippen molar-refractivity contribution in [3.05, 3.63) is 36.4 Å². The lowest BCUT2D eigenvalue weighted by molar-refractivity contribution is 0.405. The topological polar surface area (TPSA) is 53.1 Å². The maximum absolute atomic E-state index is 4.68. The third-order valence-corrected chi connectivity index (χ3v) is 3.85. The van der Waals surface area contributed by atoms with E-state index in [2.05, 4.69) is 53.4 Å². The Morgan fingerprint density at radius 3 is 2.46 bits per heavy atom. The fourth-order valence-corrected chi connectivity index (χ4v) is 2.29. The molecule has 1 unspecified atom stereocenters. The van der Waals surface area contributed by atoms with Gasteiger partial charge in [-0.05, 0) is 40.4 Å². The molecule has 2 N–H and O–H groups in total. The first-order chi connectivity index (χ1) is 11.6. The number of benzene rings is 1. The van der Waals surface area contributed by atoms with Crippen molar-refractivity contribution in [2.24, 2.45) is 0 Å². The van der Waals surface area contributed by atoms with Gasteiger partial charge in [-0.15, -0.1) is 0 Å². The summed E-state index contributed by atoms with van der Waals surface area (Å²) in [5.74, 6) is 2.49. The second-order valence-electron chi connectivity index (χ2n) is 6.37. The maximum atomic E-state index is 4.68. The van der Waals surface area contributed by atoms with Crippen molar-refractivity contribution in [1.29, 1.82) is 0 Å². The number of nitrogens with zero attached hydrogens (tertiary/aromatic N) is 3. The summed E-state index contributed by atoms with van der Waals surface area (Å²) >= 11 is 0. The first kappa shape index (κ1) is 18.2. The van der Waals surface area contributed by atoms with Gasteiger partial charge in [0.1, 0.15) is 11.6 Å². The molecule has 5 nitrogen and oxygen atoms in total. The molecule has 1 aromatic carbocycles. The van der Waals surface area contributed by atoms with Crippen molar-refractivity contribution in [1.82, 2.24) is 14.9 Å². The summed E-state index contributed by atoms with van der Waals surface area (Å²) in [5.41, 5.74) is 1.03. The molecule has 0 radical (unpaired) electrons. The molecule has 0 spiro atoms. The molecule has 0 fully saturated rings. The quantitative estimate of drug-likeness (QED) is 0.688. The molecule has 0 amide bonds. The number of hydrogen-bond donors (Lipinski definition) is 2. The molecule has 1 heterocycles. The van der Waals surface area contributed by atoms with E-state index < -0.39 is 0 Å². The normalized spacial score (nSPS) is 12.2. The first-order valence-corrected chi connectivity index (χ1v) is 8.68. The van der Waals surface area contributed by atoms with Gasteiger partial charge in [0.05, 0.1) is 0 Å². The van der Waals surface area contributed by atoms with E-state index in [1.54, 1.807) is 0 Å². The second-order valence-corrected chi connectivity index (χ2v) is 6.37. The highest BCUT2D eigenvalue weighted by Gasteiger charge is 2.08. The van der Waals surface area contributed by atoms with Crippen LogP contribution in [0.3, 0.4) is 0 Å². The summed E-state index contributed by atoms with van der Waals surface area (Å²) < 4.78 is 0. The van der Waals surface area contributed by atoms with Crippen molar-refractivity contribution < 1.29 is 0 Å². The average molecular weight is 327 g/mol. The Hall–Kier alpha value is -2.14. The largest absolute Gasteiger partial charge is 0.370 e. The van der Waals surface area contributed by atoms with E-state index >= 15 is 0 Å². The van der Waals surface area contributed by atoms with E-state index in [0.29, 0.717) is 6.04 Å². The van der Waals surface area contributed by atoms with Gasteiger partial charge in [-0.25, -0.2) is 9.97 Å². The number of nitrogens with one attached hydrogen (secondary N) is 2. The predicted octanol–water partition coefficient (Wildman–Crippen LogP) is 3.72. The zero-order chi connectivity index (χ0) is 17.4. The van der Waals surface area contributed by atoms with E-state index in [4.69, 9.17) is 0 Å². The van der Waals surface area contributed by atoms with Crippen LogP contribution in [0.15, 0.2) is 36.4 Å². The van der Waals surface area contributed by atoms with Gasteiger partial charge in [-0.3, -0.25) is 0 Å². The highest BCUT2D eigenvalue weighted by atomic mass is 15.1. The van der Waals surface area contributed by atoms with Crippen LogP contribution in [0.25, 0.3) is 11.4 Å². The van der Waals surface area contributed by atoms with Crippen molar-refractivity contribution in [3.63, 3.8) is 0 Å². The Labute approximate surface area is 145 Å². The Morgan fingerprint density at radius 1 is 1.08 bits per heavy atom. The highest BCUT2D eigenvalue weighted by molar-refractivity contribution is 5.61. The zero-order valence-corrected chi connectivity index (χ0v) is 15.2. The fraction of sp³-hybridized carbons (Fsp3) is 0.474. The fourth-order valence-electron chi connectivity index (χ4n) is 2.29. The van der Waals surface area contributed by atoms with Gasteiger partial charge in [0, 0.05) is 24.2 Å². The average Bonchev–Trinajstić information content (AvgIpc) is 2.59. The van der Waals surface area contributed by atoms with E-state index in [9.17, 15) is 0 Å². The Morgan fingerprint density at radius 2 is 1.79 bits per heavy atom. The zero-order valence-electron chi connectivity index (χ0n) is 15.2. The van der Waals surface area contributed by atoms with E-state index in [1.165, 1.54) is 0 Å². The van der Waals surface area contributed by atoms with E-state index in [-0.39, 0.29) is 0 Å². The number of aromatic nitrogens is 2. The minimum Gasteiger partial charge on any atom is -0.370 e. The molecule has 2 aromatic rings. The molecular formula is C19H29N5. The molecule has 0 aliphatic carbocycles. The van der Waals surface area contributed by atoms with Crippen LogP contribution >= 0.6 is 0 Å².